The van der Waals surface area contributed by atoms with Gasteiger partial charge in [-0.15, -0.1) is 11.3 Å². The number of pyridine rings is 1. The molecule has 0 saturated heterocycles. The number of carbonyl (C=O) groups excluding carboxylic acids is 1. The third-order valence-corrected chi connectivity index (χ3v) is 3.60. The van der Waals surface area contributed by atoms with Gasteiger partial charge in [0, 0.05) is 10.9 Å². The molecule has 94 valence electrons. The van der Waals surface area contributed by atoms with E-state index in [4.69, 9.17) is 0 Å². The molecule has 0 aliphatic rings. The van der Waals surface area contributed by atoms with Crippen LogP contribution in [0.1, 0.15) is 27.9 Å². The van der Waals surface area contributed by atoms with E-state index in [9.17, 15) is 9.59 Å². The minimum Gasteiger partial charge on any atom is -0.346 e. The molecule has 4 nitrogen and oxygen atoms in total. The van der Waals surface area contributed by atoms with Gasteiger partial charge < -0.3 is 10.3 Å². The van der Waals surface area contributed by atoms with E-state index in [0.29, 0.717) is 6.54 Å². The fourth-order valence-electron chi connectivity index (χ4n) is 1.67. The average molecular weight is 262 g/mol. The monoisotopic (exact) mass is 262 g/mol. The highest BCUT2D eigenvalue weighted by Crippen LogP contribution is 2.16. The number of carbonyl (C=O) groups is 1. The summed E-state index contributed by atoms with van der Waals surface area (Å²) in [6.45, 7) is 2.58. The molecular formula is C13H14N2O2S. The third kappa shape index (κ3) is 2.87. The number of hydrogen-bond acceptors (Lipinski definition) is 3. The second-order valence-corrected chi connectivity index (χ2v) is 4.83. The van der Waals surface area contributed by atoms with E-state index in [-0.39, 0.29) is 17.2 Å². The van der Waals surface area contributed by atoms with Crippen LogP contribution in [-0.2, 0) is 13.0 Å². The van der Waals surface area contributed by atoms with Crippen LogP contribution in [-0.4, -0.2) is 10.9 Å². The first-order valence-electron chi connectivity index (χ1n) is 5.73. The van der Waals surface area contributed by atoms with Gasteiger partial charge in [0.25, 0.3) is 5.91 Å². The smallest absolute Gasteiger partial charge is 0.268 e. The molecule has 0 fully saturated rings. The van der Waals surface area contributed by atoms with E-state index >= 15 is 0 Å². The fourth-order valence-corrected chi connectivity index (χ4v) is 2.59. The Morgan fingerprint density at radius 2 is 2.22 bits per heavy atom. The molecule has 2 aromatic rings. The number of aromatic nitrogens is 1. The third-order valence-electron chi connectivity index (χ3n) is 2.64. The highest BCUT2D eigenvalue weighted by atomic mass is 32.1. The van der Waals surface area contributed by atoms with Crippen molar-refractivity contribution in [2.75, 3.05) is 0 Å². The van der Waals surface area contributed by atoms with Crippen LogP contribution in [0, 0.1) is 0 Å². The standard InChI is InChI=1S/C13H14N2O2S/c1-2-9-6-7-18-11(9)8-14-13(17)10-4-3-5-12(16)15-10/h3-7H,2,8H2,1H3,(H,14,17)(H,15,16). The molecule has 0 bridgehead atoms. The van der Waals surface area contributed by atoms with E-state index in [1.165, 1.54) is 11.6 Å². The van der Waals surface area contributed by atoms with E-state index in [1.807, 2.05) is 5.38 Å². The van der Waals surface area contributed by atoms with Crippen molar-refractivity contribution < 1.29 is 4.79 Å². The van der Waals surface area contributed by atoms with Crippen molar-refractivity contribution in [3.8, 4) is 0 Å². The van der Waals surface area contributed by atoms with Gasteiger partial charge in [-0.05, 0) is 29.5 Å². The number of amides is 1. The van der Waals surface area contributed by atoms with Gasteiger partial charge in [0.15, 0.2) is 0 Å². The van der Waals surface area contributed by atoms with Crippen molar-refractivity contribution in [2.24, 2.45) is 0 Å². The topological polar surface area (TPSA) is 62.0 Å². The van der Waals surface area contributed by atoms with Crippen LogP contribution in [0.2, 0.25) is 0 Å². The number of nitrogens with one attached hydrogen (secondary N) is 2. The number of H-pyrrole nitrogens is 1. The Hall–Kier alpha value is -1.88. The zero-order valence-electron chi connectivity index (χ0n) is 10.0. The van der Waals surface area contributed by atoms with Crippen molar-refractivity contribution in [3.63, 3.8) is 0 Å². The summed E-state index contributed by atoms with van der Waals surface area (Å²) in [5.74, 6) is -0.261. The molecule has 0 saturated carbocycles. The zero-order valence-corrected chi connectivity index (χ0v) is 10.8. The average Bonchev–Trinajstić information content (AvgIpc) is 2.83. The first-order chi connectivity index (χ1) is 8.70. The van der Waals surface area contributed by atoms with Crippen LogP contribution in [0.25, 0.3) is 0 Å². The van der Waals surface area contributed by atoms with Gasteiger partial charge in [0.1, 0.15) is 5.69 Å². The van der Waals surface area contributed by atoms with Gasteiger partial charge >= 0.3 is 0 Å². The van der Waals surface area contributed by atoms with E-state index in [0.717, 1.165) is 11.3 Å². The summed E-state index contributed by atoms with van der Waals surface area (Å²) in [6, 6.07) is 6.60. The van der Waals surface area contributed by atoms with Gasteiger partial charge in [-0.1, -0.05) is 13.0 Å². The lowest BCUT2D eigenvalue weighted by atomic mass is 10.2. The Morgan fingerprint density at radius 1 is 1.39 bits per heavy atom. The molecule has 0 spiro atoms. The Bertz CT molecular complexity index is 601. The molecule has 2 heterocycles. The molecule has 18 heavy (non-hydrogen) atoms. The predicted molar refractivity (Wildman–Crippen MR) is 71.9 cm³/mol. The lowest BCUT2D eigenvalue weighted by molar-refractivity contribution is 0.0946. The normalized spacial score (nSPS) is 10.3. The highest BCUT2D eigenvalue weighted by Gasteiger charge is 2.08. The summed E-state index contributed by atoms with van der Waals surface area (Å²) in [4.78, 5) is 26.6. The Balaban J connectivity index is 2.03. The van der Waals surface area contributed by atoms with Crippen LogP contribution in [0.4, 0.5) is 0 Å². The van der Waals surface area contributed by atoms with Gasteiger partial charge in [0.05, 0.1) is 6.54 Å². The summed E-state index contributed by atoms with van der Waals surface area (Å²) >= 11 is 1.63. The van der Waals surface area contributed by atoms with Crippen LogP contribution in [0.15, 0.2) is 34.4 Å². The number of thiophene rings is 1. The Labute approximate surface area is 109 Å². The maximum atomic E-state index is 11.8. The van der Waals surface area contributed by atoms with Crippen LogP contribution >= 0.6 is 11.3 Å². The van der Waals surface area contributed by atoms with E-state index < -0.39 is 0 Å². The number of hydrogen-bond donors (Lipinski definition) is 2. The molecule has 2 N–H and O–H groups in total. The van der Waals surface area contributed by atoms with Crippen molar-refractivity contribution in [1.29, 1.82) is 0 Å². The summed E-state index contributed by atoms with van der Waals surface area (Å²) < 4.78 is 0. The van der Waals surface area contributed by atoms with Crippen molar-refractivity contribution in [3.05, 3.63) is 56.1 Å². The summed E-state index contributed by atoms with van der Waals surface area (Å²) in [7, 11) is 0. The van der Waals surface area contributed by atoms with Crippen molar-refractivity contribution >= 4 is 17.2 Å². The molecule has 0 unspecified atom stereocenters. The molecule has 2 aromatic heterocycles. The molecule has 1 amide bonds. The molecule has 0 aliphatic carbocycles. The first kappa shape index (κ1) is 12.6. The maximum absolute atomic E-state index is 11.8. The van der Waals surface area contributed by atoms with Crippen molar-refractivity contribution in [1.82, 2.24) is 10.3 Å². The lowest BCUT2D eigenvalue weighted by Gasteiger charge is -2.05. The fraction of sp³-hybridized carbons (Fsp3) is 0.231. The molecule has 2 rings (SSSR count). The van der Waals surface area contributed by atoms with E-state index in [2.05, 4.69) is 23.3 Å². The molecular weight excluding hydrogens is 248 g/mol. The van der Waals surface area contributed by atoms with Crippen LogP contribution < -0.4 is 10.9 Å². The molecule has 0 aromatic carbocycles. The van der Waals surface area contributed by atoms with Gasteiger partial charge in [-0.25, -0.2) is 0 Å². The number of aryl methyl sites for hydroxylation is 1. The molecule has 0 atom stereocenters. The highest BCUT2D eigenvalue weighted by molar-refractivity contribution is 7.10. The zero-order chi connectivity index (χ0) is 13.0. The minimum atomic E-state index is -0.270. The van der Waals surface area contributed by atoms with Gasteiger partial charge in [-0.2, -0.15) is 0 Å². The summed E-state index contributed by atoms with van der Waals surface area (Å²) in [5.41, 5.74) is 1.27. The second kappa shape index (κ2) is 5.64. The maximum Gasteiger partial charge on any atom is 0.268 e. The number of rotatable bonds is 4. The molecule has 0 aliphatic heterocycles. The van der Waals surface area contributed by atoms with Crippen molar-refractivity contribution in [2.45, 2.75) is 19.9 Å². The first-order valence-corrected chi connectivity index (χ1v) is 6.61. The Kier molecular flexibility index (Phi) is 3.94. The predicted octanol–water partition coefficient (Wildman–Crippen LogP) is 1.93. The van der Waals surface area contributed by atoms with E-state index in [1.54, 1.807) is 23.5 Å². The molecule has 0 radical (unpaired) electrons. The quantitative estimate of drug-likeness (QED) is 0.884. The lowest BCUT2D eigenvalue weighted by Crippen LogP contribution is -2.25. The summed E-state index contributed by atoms with van der Waals surface area (Å²) in [5, 5.41) is 4.82. The van der Waals surface area contributed by atoms with Gasteiger partial charge in [0.2, 0.25) is 5.56 Å². The largest absolute Gasteiger partial charge is 0.346 e. The summed E-state index contributed by atoms with van der Waals surface area (Å²) in [6.07, 6.45) is 0.955. The SMILES string of the molecule is CCc1ccsc1CNC(=O)c1cccc(=O)[nH]1. The minimum absolute atomic E-state index is 0.261. The van der Waals surface area contributed by atoms with Crippen LogP contribution in [0.3, 0.4) is 0 Å². The molecule has 5 heteroatoms. The Morgan fingerprint density at radius 3 is 2.94 bits per heavy atom. The second-order valence-electron chi connectivity index (χ2n) is 3.83. The van der Waals surface area contributed by atoms with Crippen LogP contribution in [0.5, 0.6) is 0 Å². The van der Waals surface area contributed by atoms with Gasteiger partial charge in [-0.3, -0.25) is 9.59 Å². The number of aromatic amines is 1.